The number of nitrogens with two attached hydrogens (primary N) is 1. The molecule has 2 aromatic rings. The molecule has 3 N–H and O–H groups in total. The lowest BCUT2D eigenvalue weighted by atomic mass is 9.97. The zero-order valence-electron chi connectivity index (χ0n) is 13.8. The highest BCUT2D eigenvalue weighted by Crippen LogP contribution is 2.20. The fourth-order valence-electron chi connectivity index (χ4n) is 2.79. The highest BCUT2D eigenvalue weighted by Gasteiger charge is 2.29. The molecule has 1 saturated carbocycles. The summed E-state index contributed by atoms with van der Waals surface area (Å²) in [6.07, 6.45) is 2.25. The van der Waals surface area contributed by atoms with E-state index in [1.54, 1.807) is 0 Å². The van der Waals surface area contributed by atoms with Crippen LogP contribution in [0, 0.1) is 6.92 Å². The molecule has 1 aliphatic rings. The topological polar surface area (TPSA) is 45.7 Å². The van der Waals surface area contributed by atoms with E-state index < -0.39 is 0 Å². The van der Waals surface area contributed by atoms with E-state index in [2.05, 4.69) is 66.1 Å². The Kier molecular flexibility index (Phi) is 4.77. The lowest BCUT2D eigenvalue weighted by molar-refractivity contribution is -0.704. The minimum absolute atomic E-state index is 0.109. The molecule has 0 saturated heterocycles. The Morgan fingerprint density at radius 1 is 1.04 bits per heavy atom. The van der Waals surface area contributed by atoms with E-state index in [4.69, 9.17) is 0 Å². The van der Waals surface area contributed by atoms with Crippen LogP contribution < -0.4 is 10.6 Å². The first-order valence-corrected chi connectivity index (χ1v) is 8.40. The number of hydrogen-bond acceptors (Lipinski definition) is 1. The van der Waals surface area contributed by atoms with Gasteiger partial charge in [-0.15, -0.1) is 0 Å². The van der Waals surface area contributed by atoms with Crippen LogP contribution in [0.25, 0.3) is 0 Å². The van der Waals surface area contributed by atoms with Crippen LogP contribution in [0.1, 0.15) is 42.5 Å². The zero-order chi connectivity index (χ0) is 16.2. The van der Waals surface area contributed by atoms with Gasteiger partial charge in [0.25, 0.3) is 5.91 Å². The summed E-state index contributed by atoms with van der Waals surface area (Å²) in [6, 6.07) is 19.4. The van der Waals surface area contributed by atoms with Crippen molar-refractivity contribution in [3.63, 3.8) is 0 Å². The summed E-state index contributed by atoms with van der Waals surface area (Å²) in [5.41, 5.74) is 3.70. The van der Waals surface area contributed by atoms with Gasteiger partial charge in [0.2, 0.25) is 0 Å². The van der Waals surface area contributed by atoms with Crippen molar-refractivity contribution >= 4 is 5.91 Å². The smallest absolute Gasteiger partial charge is 0.278 e. The summed E-state index contributed by atoms with van der Waals surface area (Å²) in [4.78, 5) is 12.3. The maximum absolute atomic E-state index is 12.3. The molecule has 0 spiro atoms. The number of carbonyl (C=O) groups is 1. The van der Waals surface area contributed by atoms with Crippen molar-refractivity contribution in [3.8, 4) is 0 Å². The number of amides is 1. The number of carbonyl (C=O) groups excluding carboxylic acids is 1. The molecule has 1 aliphatic carbocycles. The van der Waals surface area contributed by atoms with Gasteiger partial charge in [0.1, 0.15) is 6.04 Å². The SMILES string of the molecule is Cc1ccc([C@H]([NH2+][C@H](C)C(=O)NC2CC2)c2ccccc2)cc1. The minimum Gasteiger partial charge on any atom is -0.348 e. The Bertz CT molecular complexity index is 647. The Balaban J connectivity index is 1.80. The third-order valence-electron chi connectivity index (χ3n) is 4.41. The molecule has 0 aromatic heterocycles. The van der Waals surface area contributed by atoms with Gasteiger partial charge in [-0.3, -0.25) is 4.79 Å². The number of hydrogen-bond donors (Lipinski definition) is 2. The predicted octanol–water partition coefficient (Wildman–Crippen LogP) is 2.31. The van der Waals surface area contributed by atoms with Crippen LogP contribution in [0.3, 0.4) is 0 Å². The predicted molar refractivity (Wildman–Crippen MR) is 92.0 cm³/mol. The van der Waals surface area contributed by atoms with E-state index in [1.807, 2.05) is 13.0 Å². The van der Waals surface area contributed by atoms with Gasteiger partial charge in [-0.25, -0.2) is 0 Å². The summed E-state index contributed by atoms with van der Waals surface area (Å²) in [7, 11) is 0. The molecule has 0 heterocycles. The van der Waals surface area contributed by atoms with Crippen molar-refractivity contribution < 1.29 is 10.1 Å². The van der Waals surface area contributed by atoms with Crippen molar-refractivity contribution in [1.29, 1.82) is 0 Å². The van der Waals surface area contributed by atoms with E-state index in [0.29, 0.717) is 6.04 Å². The molecule has 3 heteroatoms. The zero-order valence-corrected chi connectivity index (χ0v) is 13.8. The lowest BCUT2D eigenvalue weighted by Crippen LogP contribution is -2.92. The molecule has 2 aromatic carbocycles. The molecular weight excluding hydrogens is 284 g/mol. The van der Waals surface area contributed by atoms with Crippen LogP contribution in [0.2, 0.25) is 0 Å². The second kappa shape index (κ2) is 6.97. The van der Waals surface area contributed by atoms with E-state index in [-0.39, 0.29) is 18.0 Å². The third-order valence-corrected chi connectivity index (χ3v) is 4.41. The molecule has 120 valence electrons. The van der Waals surface area contributed by atoms with Crippen molar-refractivity contribution in [2.75, 3.05) is 0 Å². The first-order valence-electron chi connectivity index (χ1n) is 8.40. The molecule has 1 fully saturated rings. The van der Waals surface area contributed by atoms with E-state index in [1.165, 1.54) is 16.7 Å². The minimum atomic E-state index is -0.109. The number of benzene rings is 2. The number of aryl methyl sites for hydroxylation is 1. The van der Waals surface area contributed by atoms with Gasteiger partial charge in [0, 0.05) is 17.2 Å². The van der Waals surface area contributed by atoms with Gasteiger partial charge in [-0.2, -0.15) is 0 Å². The number of rotatable bonds is 6. The largest absolute Gasteiger partial charge is 0.348 e. The molecule has 3 nitrogen and oxygen atoms in total. The molecule has 0 unspecified atom stereocenters. The van der Waals surface area contributed by atoms with Gasteiger partial charge < -0.3 is 10.6 Å². The average Bonchev–Trinajstić information content (AvgIpc) is 3.38. The maximum Gasteiger partial charge on any atom is 0.278 e. The first kappa shape index (κ1) is 15.8. The number of quaternary nitrogens is 1. The molecule has 23 heavy (non-hydrogen) atoms. The Morgan fingerprint density at radius 3 is 2.26 bits per heavy atom. The van der Waals surface area contributed by atoms with Gasteiger partial charge in [-0.1, -0.05) is 60.2 Å². The van der Waals surface area contributed by atoms with Crippen molar-refractivity contribution in [2.24, 2.45) is 0 Å². The average molecular weight is 309 g/mol. The normalized spacial score (nSPS) is 16.6. The molecule has 1 amide bonds. The Hall–Kier alpha value is -2.13. The fourth-order valence-corrected chi connectivity index (χ4v) is 2.79. The first-order chi connectivity index (χ1) is 11.1. The monoisotopic (exact) mass is 309 g/mol. The van der Waals surface area contributed by atoms with Crippen molar-refractivity contribution in [3.05, 3.63) is 71.3 Å². The molecule has 0 aliphatic heterocycles. The van der Waals surface area contributed by atoms with Gasteiger partial charge >= 0.3 is 0 Å². The molecular formula is C20H25N2O+. The van der Waals surface area contributed by atoms with Gasteiger partial charge in [-0.05, 0) is 26.7 Å². The second-order valence-electron chi connectivity index (χ2n) is 6.56. The lowest BCUT2D eigenvalue weighted by Gasteiger charge is -2.21. The summed E-state index contributed by atoms with van der Waals surface area (Å²) < 4.78 is 0. The van der Waals surface area contributed by atoms with Crippen LogP contribution in [0.4, 0.5) is 0 Å². The molecule has 2 atom stereocenters. The summed E-state index contributed by atoms with van der Waals surface area (Å²) in [6.45, 7) is 4.08. The third kappa shape index (κ3) is 4.20. The van der Waals surface area contributed by atoms with Crippen molar-refractivity contribution in [2.45, 2.75) is 44.8 Å². The van der Waals surface area contributed by atoms with Crippen molar-refractivity contribution in [1.82, 2.24) is 5.32 Å². The van der Waals surface area contributed by atoms with Crippen LogP contribution in [-0.4, -0.2) is 18.0 Å². The second-order valence-corrected chi connectivity index (χ2v) is 6.56. The van der Waals surface area contributed by atoms with E-state index in [0.717, 1.165) is 12.8 Å². The van der Waals surface area contributed by atoms with Crippen LogP contribution in [-0.2, 0) is 4.79 Å². The molecule has 3 rings (SSSR count). The fraction of sp³-hybridized carbons (Fsp3) is 0.350. The van der Waals surface area contributed by atoms with Crippen LogP contribution in [0.5, 0.6) is 0 Å². The highest BCUT2D eigenvalue weighted by atomic mass is 16.2. The summed E-state index contributed by atoms with van der Waals surface area (Å²) >= 11 is 0. The van der Waals surface area contributed by atoms with Gasteiger partial charge in [0.15, 0.2) is 6.04 Å². The maximum atomic E-state index is 12.3. The molecule has 0 radical (unpaired) electrons. The Morgan fingerprint density at radius 2 is 1.65 bits per heavy atom. The Labute approximate surface area is 138 Å². The van der Waals surface area contributed by atoms with Gasteiger partial charge in [0.05, 0.1) is 0 Å². The quantitative estimate of drug-likeness (QED) is 0.845. The van der Waals surface area contributed by atoms with Crippen LogP contribution >= 0.6 is 0 Å². The van der Waals surface area contributed by atoms with E-state index in [9.17, 15) is 4.79 Å². The van der Waals surface area contributed by atoms with E-state index >= 15 is 0 Å². The number of nitrogens with one attached hydrogen (secondary N) is 1. The summed E-state index contributed by atoms with van der Waals surface area (Å²) in [5.74, 6) is 0.139. The summed E-state index contributed by atoms with van der Waals surface area (Å²) in [5, 5.41) is 5.27. The highest BCUT2D eigenvalue weighted by molar-refractivity contribution is 5.80. The standard InChI is InChI=1S/C20H24N2O/c1-14-8-10-17(11-9-14)19(16-6-4-3-5-7-16)21-15(2)20(23)22-18-12-13-18/h3-11,15,18-19,21H,12-13H2,1-2H3,(H,22,23)/p+1/t15-,19-/m1/s1. The molecule has 0 bridgehead atoms. The van der Waals surface area contributed by atoms with Crippen LogP contribution in [0.15, 0.2) is 54.6 Å².